The number of carbonyl (C=O) groups is 3. The Bertz CT molecular complexity index is 1410. The van der Waals surface area contributed by atoms with E-state index in [-0.39, 0.29) is 23.3 Å². The number of rotatable bonds is 7. The number of pyridine rings is 2. The van der Waals surface area contributed by atoms with Crippen LogP contribution in [0.5, 0.6) is 0 Å². The largest absolute Gasteiger partial charge is 0.448 e. The van der Waals surface area contributed by atoms with Gasteiger partial charge in [-0.25, -0.2) is 9.78 Å². The van der Waals surface area contributed by atoms with Crippen LogP contribution in [0.3, 0.4) is 0 Å². The highest BCUT2D eigenvalue weighted by molar-refractivity contribution is 5.84. The highest BCUT2D eigenvalue weighted by Gasteiger charge is 2.29. The second-order valence-electron chi connectivity index (χ2n) is 9.38. The van der Waals surface area contributed by atoms with Gasteiger partial charge >= 0.3 is 12.1 Å². The van der Waals surface area contributed by atoms with Crippen LogP contribution in [0.1, 0.15) is 43.6 Å². The molecule has 3 aromatic rings. The van der Waals surface area contributed by atoms with Gasteiger partial charge in [-0.15, -0.1) is 0 Å². The van der Waals surface area contributed by atoms with Crippen molar-refractivity contribution in [1.29, 1.82) is 0 Å². The molecule has 3 heterocycles. The summed E-state index contributed by atoms with van der Waals surface area (Å²) in [6.07, 6.45) is -1.75. The number of para-hydroxylation sites is 1. The van der Waals surface area contributed by atoms with Crippen molar-refractivity contribution in [3.8, 4) is 11.4 Å². The molecule has 4 rings (SSSR count). The summed E-state index contributed by atoms with van der Waals surface area (Å²) in [7, 11) is 1.43. The van der Waals surface area contributed by atoms with Crippen molar-refractivity contribution in [3.63, 3.8) is 0 Å². The molecular formula is C26H27N3O7. The van der Waals surface area contributed by atoms with Gasteiger partial charge in [-0.2, -0.15) is 0 Å². The van der Waals surface area contributed by atoms with Gasteiger partial charge in [0.15, 0.2) is 12.4 Å². The molecule has 1 unspecified atom stereocenters. The number of benzene rings is 1. The van der Waals surface area contributed by atoms with Crippen LogP contribution in [-0.4, -0.2) is 47.2 Å². The van der Waals surface area contributed by atoms with Crippen molar-refractivity contribution >= 4 is 29.3 Å². The molecule has 0 saturated heterocycles. The first kappa shape index (κ1) is 25.1. The minimum absolute atomic E-state index is 0.0851. The Kier molecular flexibility index (Phi) is 6.89. The molecule has 1 aliphatic rings. The van der Waals surface area contributed by atoms with Crippen molar-refractivity contribution < 1.29 is 28.6 Å². The van der Waals surface area contributed by atoms with Gasteiger partial charge in [0, 0.05) is 23.6 Å². The van der Waals surface area contributed by atoms with Gasteiger partial charge in [-0.1, -0.05) is 18.2 Å². The highest BCUT2D eigenvalue weighted by atomic mass is 16.6. The minimum Gasteiger partial charge on any atom is -0.448 e. The Morgan fingerprint density at radius 2 is 1.97 bits per heavy atom. The summed E-state index contributed by atoms with van der Waals surface area (Å²) in [5, 5.41) is 3.24. The molecule has 1 aliphatic heterocycles. The fraction of sp³-hybridized carbons (Fsp3) is 0.346. The molecule has 1 aromatic carbocycles. The lowest BCUT2D eigenvalue weighted by Gasteiger charge is -2.20. The lowest BCUT2D eigenvalue weighted by molar-refractivity contribution is -0.151. The Morgan fingerprint density at radius 3 is 2.67 bits per heavy atom. The number of alkyl carbamates (subject to hydrolysis) is 1. The van der Waals surface area contributed by atoms with Crippen molar-refractivity contribution in [2.24, 2.45) is 0 Å². The second kappa shape index (κ2) is 9.90. The normalized spacial score (nSPS) is 13.0. The Hall–Kier alpha value is -4.05. The van der Waals surface area contributed by atoms with E-state index in [0.717, 1.165) is 16.5 Å². The number of amides is 1. The SMILES string of the molecule is COCc1c(C(C=O)OC(=O)CNC(=O)OC(C)(C)C)cc2n(c1=O)Cc1cc3ccccc3nc1-2. The first-order valence-electron chi connectivity index (χ1n) is 11.4. The highest BCUT2D eigenvalue weighted by Crippen LogP contribution is 2.34. The molecule has 10 heteroatoms. The topological polar surface area (TPSA) is 126 Å². The van der Waals surface area contributed by atoms with Crippen LogP contribution in [-0.2, 0) is 37.0 Å². The van der Waals surface area contributed by atoms with Crippen molar-refractivity contribution in [2.75, 3.05) is 13.7 Å². The van der Waals surface area contributed by atoms with Crippen LogP contribution >= 0.6 is 0 Å². The van der Waals surface area contributed by atoms with Gasteiger partial charge in [0.05, 0.1) is 35.6 Å². The van der Waals surface area contributed by atoms with Crippen molar-refractivity contribution in [2.45, 2.75) is 45.6 Å². The van der Waals surface area contributed by atoms with Crippen LogP contribution in [0.4, 0.5) is 4.79 Å². The van der Waals surface area contributed by atoms with E-state index in [1.807, 2.05) is 30.3 Å². The number of ether oxygens (including phenoxy) is 3. The number of nitrogens with one attached hydrogen (secondary N) is 1. The third-order valence-electron chi connectivity index (χ3n) is 5.56. The molecule has 0 aliphatic carbocycles. The van der Waals surface area contributed by atoms with E-state index < -0.39 is 30.3 Å². The van der Waals surface area contributed by atoms with Gasteiger partial charge in [0.25, 0.3) is 5.56 Å². The zero-order valence-electron chi connectivity index (χ0n) is 20.5. The zero-order valence-corrected chi connectivity index (χ0v) is 20.5. The Labute approximate surface area is 207 Å². The molecule has 1 atom stereocenters. The van der Waals surface area contributed by atoms with Crippen LogP contribution in [0.2, 0.25) is 0 Å². The number of aromatic nitrogens is 2. The van der Waals surface area contributed by atoms with Crippen molar-refractivity contribution in [3.05, 3.63) is 63.4 Å². The van der Waals surface area contributed by atoms with E-state index in [9.17, 15) is 19.2 Å². The number of aldehydes is 1. The van der Waals surface area contributed by atoms with E-state index >= 15 is 0 Å². The first-order chi connectivity index (χ1) is 17.1. The van der Waals surface area contributed by atoms with E-state index in [0.29, 0.717) is 24.2 Å². The summed E-state index contributed by atoms with van der Waals surface area (Å²) in [6.45, 7) is 4.79. The Morgan fingerprint density at radius 1 is 1.22 bits per heavy atom. The number of hydrogen-bond acceptors (Lipinski definition) is 8. The van der Waals surface area contributed by atoms with Crippen LogP contribution in [0.15, 0.2) is 41.2 Å². The first-order valence-corrected chi connectivity index (χ1v) is 11.4. The third-order valence-corrected chi connectivity index (χ3v) is 5.56. The summed E-state index contributed by atoms with van der Waals surface area (Å²) in [4.78, 5) is 54.4. The maximum atomic E-state index is 13.4. The fourth-order valence-corrected chi connectivity index (χ4v) is 4.08. The lowest BCUT2D eigenvalue weighted by Crippen LogP contribution is -2.36. The molecule has 0 bridgehead atoms. The van der Waals surface area contributed by atoms with Gasteiger partial charge in [-0.05, 0) is 39.0 Å². The standard InChI is InChI=1S/C26H27N3O7/c1-26(2,3)36-25(33)27-11-22(31)35-21(13-30)17-10-20-23-16(9-15-7-5-6-8-19(15)28-23)12-29(20)24(32)18(17)14-34-4/h5-10,13,21H,11-12,14H2,1-4H3,(H,27,33). The minimum atomic E-state index is -1.38. The molecule has 2 aromatic heterocycles. The van der Waals surface area contributed by atoms with Crippen LogP contribution < -0.4 is 10.9 Å². The summed E-state index contributed by atoms with van der Waals surface area (Å²) < 4.78 is 17.2. The Balaban J connectivity index is 1.65. The summed E-state index contributed by atoms with van der Waals surface area (Å²) in [6, 6.07) is 11.2. The number of nitrogens with zero attached hydrogens (tertiary/aromatic N) is 2. The average Bonchev–Trinajstić information content (AvgIpc) is 3.18. The predicted molar refractivity (Wildman–Crippen MR) is 130 cm³/mol. The van der Waals surface area contributed by atoms with E-state index in [4.69, 9.17) is 19.2 Å². The van der Waals surface area contributed by atoms with Gasteiger partial charge in [-0.3, -0.25) is 14.4 Å². The summed E-state index contributed by atoms with van der Waals surface area (Å²) >= 11 is 0. The molecule has 0 fully saturated rings. The zero-order chi connectivity index (χ0) is 26.0. The quantitative estimate of drug-likeness (QED) is 0.308. The molecular weight excluding hydrogens is 466 g/mol. The lowest BCUT2D eigenvalue weighted by atomic mass is 10.0. The summed E-state index contributed by atoms with van der Waals surface area (Å²) in [5.41, 5.74) is 2.08. The van der Waals surface area contributed by atoms with E-state index in [1.54, 1.807) is 31.4 Å². The number of carbonyl (C=O) groups excluding carboxylic acids is 3. The molecule has 36 heavy (non-hydrogen) atoms. The van der Waals surface area contributed by atoms with Crippen LogP contribution in [0.25, 0.3) is 22.3 Å². The van der Waals surface area contributed by atoms with E-state index in [2.05, 4.69) is 5.32 Å². The third kappa shape index (κ3) is 5.13. The fourth-order valence-electron chi connectivity index (χ4n) is 4.08. The number of esters is 1. The molecule has 0 saturated carbocycles. The monoisotopic (exact) mass is 493 g/mol. The molecule has 0 radical (unpaired) electrons. The number of fused-ring (bicyclic) bond motifs is 4. The van der Waals surface area contributed by atoms with Gasteiger partial charge in [0.1, 0.15) is 12.1 Å². The van der Waals surface area contributed by atoms with Crippen molar-refractivity contribution in [1.82, 2.24) is 14.9 Å². The molecule has 188 valence electrons. The number of methoxy groups -OCH3 is 1. The molecule has 10 nitrogen and oxygen atoms in total. The maximum absolute atomic E-state index is 13.4. The molecule has 1 amide bonds. The van der Waals surface area contributed by atoms with Crippen LogP contribution in [0, 0.1) is 0 Å². The molecule has 1 N–H and O–H groups in total. The summed E-state index contributed by atoms with van der Waals surface area (Å²) in [5.74, 6) is -0.869. The van der Waals surface area contributed by atoms with Gasteiger partial charge in [0.2, 0.25) is 0 Å². The average molecular weight is 494 g/mol. The number of hydrogen-bond donors (Lipinski definition) is 1. The van der Waals surface area contributed by atoms with E-state index in [1.165, 1.54) is 7.11 Å². The molecule has 0 spiro atoms. The predicted octanol–water partition coefficient (Wildman–Crippen LogP) is 2.88. The maximum Gasteiger partial charge on any atom is 0.408 e. The second-order valence-corrected chi connectivity index (χ2v) is 9.38. The van der Waals surface area contributed by atoms with Gasteiger partial charge < -0.3 is 24.1 Å². The smallest absolute Gasteiger partial charge is 0.408 e.